The number of fused-ring (bicyclic) bond motifs is 1. The molecule has 5 nitrogen and oxygen atoms in total. The van der Waals surface area contributed by atoms with Crippen molar-refractivity contribution in [2.45, 2.75) is 34.2 Å². The summed E-state index contributed by atoms with van der Waals surface area (Å²) >= 11 is 5.61. The summed E-state index contributed by atoms with van der Waals surface area (Å²) in [5.74, 6) is 0.508. The van der Waals surface area contributed by atoms with Gasteiger partial charge in [0.15, 0.2) is 5.11 Å². The van der Waals surface area contributed by atoms with E-state index in [-0.39, 0.29) is 5.56 Å². The molecule has 2 rings (SSSR count). The predicted octanol–water partition coefficient (Wildman–Crippen LogP) is 3.04. The Hall–Kier alpha value is -1.92. The third-order valence-electron chi connectivity index (χ3n) is 4.52. The summed E-state index contributed by atoms with van der Waals surface area (Å²) in [6.07, 6.45) is 0. The average Bonchev–Trinajstić information content (AvgIpc) is 2.56. The zero-order chi connectivity index (χ0) is 20.1. The van der Waals surface area contributed by atoms with Crippen molar-refractivity contribution >= 4 is 28.2 Å². The van der Waals surface area contributed by atoms with Gasteiger partial charge in [0, 0.05) is 36.1 Å². The molecule has 0 aliphatic carbocycles. The van der Waals surface area contributed by atoms with Crippen LogP contribution in [0.25, 0.3) is 10.9 Å². The minimum absolute atomic E-state index is 0.0472. The maximum absolute atomic E-state index is 12.7. The number of aromatic nitrogens is 1. The fourth-order valence-electron chi connectivity index (χ4n) is 3.02. The Morgan fingerprint density at radius 2 is 1.89 bits per heavy atom. The number of aryl methyl sites for hydroxylation is 2. The molecule has 0 spiro atoms. The van der Waals surface area contributed by atoms with Crippen molar-refractivity contribution < 1.29 is 0 Å². The molecular weight excluding hydrogens is 356 g/mol. The van der Waals surface area contributed by atoms with E-state index in [1.54, 1.807) is 0 Å². The van der Waals surface area contributed by atoms with Crippen molar-refractivity contribution in [1.82, 2.24) is 20.1 Å². The lowest BCUT2D eigenvalue weighted by molar-refractivity contribution is 0.321. The van der Waals surface area contributed by atoms with Gasteiger partial charge in [0.2, 0.25) is 0 Å². The number of H-pyrrole nitrogens is 1. The Bertz CT molecular complexity index is 857. The molecule has 148 valence electrons. The third kappa shape index (κ3) is 6.04. The maximum atomic E-state index is 12.7. The van der Waals surface area contributed by atoms with E-state index in [4.69, 9.17) is 12.2 Å². The second-order valence-corrected chi connectivity index (χ2v) is 8.36. The number of pyridine rings is 1. The molecule has 0 saturated carbocycles. The number of hydrogen-bond acceptors (Lipinski definition) is 3. The fraction of sp³-hybridized carbons (Fsp3) is 0.524. The van der Waals surface area contributed by atoms with Gasteiger partial charge in [-0.25, -0.2) is 0 Å². The zero-order valence-corrected chi connectivity index (χ0v) is 18.2. The number of thiocarbonyl (C=S) groups is 1. The van der Waals surface area contributed by atoms with E-state index in [0.29, 0.717) is 17.6 Å². The first kappa shape index (κ1) is 21.4. The van der Waals surface area contributed by atoms with Crippen LogP contribution in [0.5, 0.6) is 0 Å². The van der Waals surface area contributed by atoms with Crippen molar-refractivity contribution in [2.24, 2.45) is 5.92 Å². The molecule has 0 atom stereocenters. The van der Waals surface area contributed by atoms with E-state index in [1.807, 2.05) is 33.2 Å². The van der Waals surface area contributed by atoms with Gasteiger partial charge in [0.1, 0.15) is 0 Å². The number of benzene rings is 1. The third-order valence-corrected chi connectivity index (χ3v) is 4.92. The van der Waals surface area contributed by atoms with E-state index >= 15 is 0 Å². The molecule has 0 saturated heterocycles. The van der Waals surface area contributed by atoms with Crippen LogP contribution in [-0.2, 0) is 6.54 Å². The molecule has 0 aliphatic heterocycles. The molecule has 0 aliphatic rings. The van der Waals surface area contributed by atoms with Gasteiger partial charge in [0.05, 0.1) is 6.54 Å². The molecule has 0 radical (unpaired) electrons. The highest BCUT2D eigenvalue weighted by Crippen LogP contribution is 2.19. The van der Waals surface area contributed by atoms with Gasteiger partial charge in [-0.1, -0.05) is 19.9 Å². The van der Waals surface area contributed by atoms with Gasteiger partial charge in [-0.3, -0.25) is 4.79 Å². The highest BCUT2D eigenvalue weighted by atomic mass is 32.1. The van der Waals surface area contributed by atoms with Crippen LogP contribution in [0.4, 0.5) is 0 Å². The largest absolute Gasteiger partial charge is 0.362 e. The van der Waals surface area contributed by atoms with Gasteiger partial charge in [-0.05, 0) is 69.3 Å². The molecule has 0 unspecified atom stereocenters. The number of hydrogen-bond donors (Lipinski definition) is 2. The molecule has 1 aromatic heterocycles. The highest BCUT2D eigenvalue weighted by Gasteiger charge is 2.14. The van der Waals surface area contributed by atoms with Crippen LogP contribution in [0.3, 0.4) is 0 Å². The number of nitrogens with zero attached hydrogens (tertiary/aromatic N) is 2. The van der Waals surface area contributed by atoms with Crippen molar-refractivity contribution in [3.63, 3.8) is 0 Å². The van der Waals surface area contributed by atoms with Crippen LogP contribution < -0.4 is 10.9 Å². The Kier molecular flexibility index (Phi) is 7.39. The lowest BCUT2D eigenvalue weighted by Gasteiger charge is -2.27. The highest BCUT2D eigenvalue weighted by molar-refractivity contribution is 7.80. The summed E-state index contributed by atoms with van der Waals surface area (Å²) in [6.45, 7) is 11.4. The van der Waals surface area contributed by atoms with Gasteiger partial charge >= 0.3 is 0 Å². The maximum Gasteiger partial charge on any atom is 0.253 e. The van der Waals surface area contributed by atoms with E-state index in [9.17, 15) is 4.79 Å². The van der Waals surface area contributed by atoms with Gasteiger partial charge < -0.3 is 20.1 Å². The molecule has 27 heavy (non-hydrogen) atoms. The summed E-state index contributed by atoms with van der Waals surface area (Å²) in [5.41, 5.74) is 3.90. The molecule has 6 heteroatoms. The minimum Gasteiger partial charge on any atom is -0.362 e. The van der Waals surface area contributed by atoms with Gasteiger partial charge in [0.25, 0.3) is 5.56 Å². The fourth-order valence-corrected chi connectivity index (χ4v) is 3.25. The first-order valence-corrected chi connectivity index (χ1v) is 9.89. The van der Waals surface area contributed by atoms with E-state index in [0.717, 1.165) is 41.7 Å². The first-order valence-electron chi connectivity index (χ1n) is 9.48. The molecule has 2 N–H and O–H groups in total. The van der Waals surface area contributed by atoms with Crippen LogP contribution in [0, 0.1) is 19.8 Å². The van der Waals surface area contributed by atoms with Gasteiger partial charge in [-0.15, -0.1) is 0 Å². The molecule has 2 aromatic rings. The monoisotopic (exact) mass is 388 g/mol. The molecule has 1 heterocycles. The van der Waals surface area contributed by atoms with E-state index in [1.165, 1.54) is 5.56 Å². The topological polar surface area (TPSA) is 51.4 Å². The Morgan fingerprint density at radius 1 is 1.19 bits per heavy atom. The summed E-state index contributed by atoms with van der Waals surface area (Å²) < 4.78 is 0. The van der Waals surface area contributed by atoms with Crippen LogP contribution in [0.2, 0.25) is 0 Å². The smallest absolute Gasteiger partial charge is 0.253 e. The lowest BCUT2D eigenvalue weighted by Crippen LogP contribution is -2.44. The zero-order valence-electron chi connectivity index (χ0n) is 17.3. The average molecular weight is 389 g/mol. The van der Waals surface area contributed by atoms with Gasteiger partial charge in [-0.2, -0.15) is 0 Å². The molecule has 1 aromatic carbocycles. The van der Waals surface area contributed by atoms with Crippen LogP contribution in [0.15, 0.2) is 23.0 Å². The Balaban J connectivity index is 2.30. The van der Waals surface area contributed by atoms with E-state index < -0.39 is 0 Å². The van der Waals surface area contributed by atoms with Crippen LogP contribution in [0.1, 0.15) is 30.5 Å². The first-order chi connectivity index (χ1) is 12.7. The lowest BCUT2D eigenvalue weighted by atomic mass is 10.0. The van der Waals surface area contributed by atoms with Crippen molar-refractivity contribution in [3.05, 3.63) is 45.2 Å². The summed E-state index contributed by atoms with van der Waals surface area (Å²) in [4.78, 5) is 19.9. The number of likely N-dealkylation sites (N-methyl/N-ethyl adjacent to an activating group) is 1. The van der Waals surface area contributed by atoms with Crippen molar-refractivity contribution in [3.8, 4) is 0 Å². The Labute approximate surface area is 167 Å². The predicted molar refractivity (Wildman–Crippen MR) is 118 cm³/mol. The molecule has 0 fully saturated rings. The number of rotatable bonds is 7. The van der Waals surface area contributed by atoms with Crippen molar-refractivity contribution in [2.75, 3.05) is 33.7 Å². The Morgan fingerprint density at radius 3 is 2.52 bits per heavy atom. The number of aromatic amines is 1. The standard InChI is InChI=1S/C21H32N4OS/c1-14(2)12-22-21(27)25(8-7-24(5)6)13-17-11-18-16(4)9-15(3)10-19(18)23-20(17)26/h9-11,14H,7-8,12-13H2,1-6H3,(H,22,27)(H,23,26). The summed E-state index contributed by atoms with van der Waals surface area (Å²) in [6, 6.07) is 6.17. The van der Waals surface area contributed by atoms with Crippen LogP contribution in [-0.4, -0.2) is 53.6 Å². The molecular formula is C21H32N4OS. The van der Waals surface area contributed by atoms with Crippen molar-refractivity contribution in [1.29, 1.82) is 0 Å². The summed E-state index contributed by atoms with van der Waals surface area (Å²) in [5, 5.41) is 5.11. The molecule has 0 amide bonds. The summed E-state index contributed by atoms with van der Waals surface area (Å²) in [7, 11) is 4.08. The normalized spacial score (nSPS) is 11.4. The quantitative estimate of drug-likeness (QED) is 0.714. The second kappa shape index (κ2) is 9.33. The second-order valence-electron chi connectivity index (χ2n) is 7.97. The number of nitrogens with one attached hydrogen (secondary N) is 2. The minimum atomic E-state index is -0.0472. The van der Waals surface area contributed by atoms with Crippen LogP contribution >= 0.6 is 12.2 Å². The van der Waals surface area contributed by atoms with E-state index in [2.05, 4.69) is 46.9 Å². The SMILES string of the molecule is Cc1cc(C)c2cc(CN(CCN(C)C)C(=S)NCC(C)C)c(=O)[nH]c2c1. The molecule has 0 bridgehead atoms.